The highest BCUT2D eigenvalue weighted by atomic mass is 35.5. The second-order valence-corrected chi connectivity index (χ2v) is 5.06. The summed E-state index contributed by atoms with van der Waals surface area (Å²) in [7, 11) is 1.62. The molecule has 0 saturated heterocycles. The van der Waals surface area contributed by atoms with Gasteiger partial charge in [0.1, 0.15) is 11.6 Å². The van der Waals surface area contributed by atoms with Crippen molar-refractivity contribution in [3.63, 3.8) is 0 Å². The lowest BCUT2D eigenvalue weighted by Gasteiger charge is -2.10. The summed E-state index contributed by atoms with van der Waals surface area (Å²) in [5.41, 5.74) is 1.02. The quantitative estimate of drug-likeness (QED) is 0.789. The zero-order chi connectivity index (χ0) is 15.5. The molecule has 1 heterocycles. The fraction of sp³-hybridized carbons (Fsp3) is 0.125. The number of rotatable bonds is 4. The van der Waals surface area contributed by atoms with Gasteiger partial charge in [-0.2, -0.15) is 0 Å². The van der Waals surface area contributed by atoms with Crippen molar-refractivity contribution in [2.75, 3.05) is 12.4 Å². The average Bonchev–Trinajstić information content (AvgIpc) is 2.55. The predicted molar refractivity (Wildman–Crippen MR) is 84.8 cm³/mol. The van der Waals surface area contributed by atoms with Crippen molar-refractivity contribution in [3.8, 4) is 5.75 Å². The van der Waals surface area contributed by atoms with Gasteiger partial charge in [-0.25, -0.2) is 4.39 Å². The van der Waals surface area contributed by atoms with Crippen LogP contribution in [0.1, 0.15) is 5.56 Å². The van der Waals surface area contributed by atoms with Gasteiger partial charge in [-0.1, -0.05) is 35.9 Å². The number of benzene rings is 2. The highest BCUT2D eigenvalue weighted by Crippen LogP contribution is 2.28. The molecule has 0 radical (unpaired) electrons. The molecule has 1 aromatic heterocycles. The van der Waals surface area contributed by atoms with E-state index in [1.54, 1.807) is 19.2 Å². The number of aromatic nitrogens is 2. The number of nitrogens with zero attached hydrogens (tertiary/aromatic N) is 2. The van der Waals surface area contributed by atoms with Gasteiger partial charge < -0.3 is 10.1 Å². The molecule has 6 heteroatoms. The first-order chi connectivity index (χ1) is 10.7. The molecule has 0 unspecified atom stereocenters. The SMILES string of the molecule is COc1ccc(CNc2nnc(Cl)c3cccc(F)c23)cc1. The number of hydrogen-bond donors (Lipinski definition) is 1. The third kappa shape index (κ3) is 2.80. The molecular formula is C16H13ClFN3O. The van der Waals surface area contributed by atoms with E-state index < -0.39 is 0 Å². The first-order valence-electron chi connectivity index (χ1n) is 6.66. The van der Waals surface area contributed by atoms with Crippen LogP contribution in [0.25, 0.3) is 10.8 Å². The third-order valence-electron chi connectivity index (χ3n) is 3.33. The van der Waals surface area contributed by atoms with Crippen molar-refractivity contribution in [3.05, 3.63) is 59.0 Å². The Labute approximate surface area is 131 Å². The van der Waals surface area contributed by atoms with Crippen LogP contribution in [0, 0.1) is 5.82 Å². The first kappa shape index (κ1) is 14.5. The van der Waals surface area contributed by atoms with Crippen LogP contribution >= 0.6 is 11.6 Å². The van der Waals surface area contributed by atoms with Crippen molar-refractivity contribution in [2.24, 2.45) is 0 Å². The second kappa shape index (κ2) is 6.15. The maximum atomic E-state index is 14.1. The number of nitrogens with one attached hydrogen (secondary N) is 1. The molecule has 0 aliphatic rings. The van der Waals surface area contributed by atoms with Crippen molar-refractivity contribution in [2.45, 2.75) is 6.54 Å². The van der Waals surface area contributed by atoms with E-state index in [-0.39, 0.29) is 11.0 Å². The molecule has 4 nitrogen and oxygen atoms in total. The van der Waals surface area contributed by atoms with Crippen LogP contribution in [0.15, 0.2) is 42.5 Å². The fourth-order valence-corrected chi connectivity index (χ4v) is 2.38. The molecule has 0 saturated carbocycles. The normalized spacial score (nSPS) is 10.7. The number of fused-ring (bicyclic) bond motifs is 1. The molecule has 112 valence electrons. The van der Waals surface area contributed by atoms with E-state index in [1.807, 2.05) is 24.3 Å². The van der Waals surface area contributed by atoms with Gasteiger partial charge in [0.2, 0.25) is 0 Å². The monoisotopic (exact) mass is 317 g/mol. The zero-order valence-electron chi connectivity index (χ0n) is 11.8. The Morgan fingerprint density at radius 3 is 2.64 bits per heavy atom. The Balaban J connectivity index is 1.89. The van der Waals surface area contributed by atoms with E-state index >= 15 is 0 Å². The minimum absolute atomic E-state index is 0.185. The molecule has 3 rings (SSSR count). The summed E-state index contributed by atoms with van der Waals surface area (Å²) in [5.74, 6) is 0.770. The maximum absolute atomic E-state index is 14.1. The van der Waals surface area contributed by atoms with Crippen molar-refractivity contribution < 1.29 is 9.13 Å². The molecule has 0 amide bonds. The van der Waals surface area contributed by atoms with E-state index in [1.165, 1.54) is 6.07 Å². The summed E-state index contributed by atoms with van der Waals surface area (Å²) < 4.78 is 19.2. The van der Waals surface area contributed by atoms with Gasteiger partial charge in [0.15, 0.2) is 11.0 Å². The van der Waals surface area contributed by atoms with Crippen LogP contribution < -0.4 is 10.1 Å². The van der Waals surface area contributed by atoms with E-state index in [4.69, 9.17) is 16.3 Å². The van der Waals surface area contributed by atoms with Crippen LogP contribution in [0.5, 0.6) is 5.75 Å². The molecule has 0 atom stereocenters. The Kier molecular flexibility index (Phi) is 4.06. The molecule has 0 aliphatic heterocycles. The van der Waals surface area contributed by atoms with Crippen molar-refractivity contribution in [1.29, 1.82) is 0 Å². The van der Waals surface area contributed by atoms with Gasteiger partial charge in [0.25, 0.3) is 0 Å². The lowest BCUT2D eigenvalue weighted by Crippen LogP contribution is -2.04. The molecule has 0 bridgehead atoms. The minimum atomic E-state index is -0.383. The Morgan fingerprint density at radius 2 is 1.91 bits per heavy atom. The number of hydrogen-bond acceptors (Lipinski definition) is 4. The van der Waals surface area contributed by atoms with E-state index in [0.29, 0.717) is 23.1 Å². The molecule has 0 fully saturated rings. The number of halogens is 2. The summed E-state index contributed by atoms with van der Waals surface area (Å²) in [5, 5.41) is 12.0. The Morgan fingerprint density at radius 1 is 1.14 bits per heavy atom. The van der Waals surface area contributed by atoms with E-state index in [9.17, 15) is 4.39 Å². The Bertz CT molecular complexity index is 808. The predicted octanol–water partition coefficient (Wildman–Crippen LogP) is 4.04. The fourth-order valence-electron chi connectivity index (χ4n) is 2.19. The summed E-state index contributed by atoms with van der Waals surface area (Å²) in [6, 6.07) is 12.3. The number of anilines is 1. The summed E-state index contributed by atoms with van der Waals surface area (Å²) in [6.45, 7) is 0.490. The maximum Gasteiger partial charge on any atom is 0.159 e. The summed E-state index contributed by atoms with van der Waals surface area (Å²) in [6.07, 6.45) is 0. The highest BCUT2D eigenvalue weighted by Gasteiger charge is 2.11. The second-order valence-electron chi connectivity index (χ2n) is 4.70. The van der Waals surface area contributed by atoms with Crippen LogP contribution in [0.2, 0.25) is 5.15 Å². The topological polar surface area (TPSA) is 47.0 Å². The van der Waals surface area contributed by atoms with Gasteiger partial charge in [0, 0.05) is 11.9 Å². The van der Waals surface area contributed by atoms with Gasteiger partial charge >= 0.3 is 0 Å². The van der Waals surface area contributed by atoms with E-state index in [2.05, 4.69) is 15.5 Å². The molecule has 3 aromatic rings. The molecular weight excluding hydrogens is 305 g/mol. The van der Waals surface area contributed by atoms with Gasteiger partial charge in [-0.15, -0.1) is 10.2 Å². The zero-order valence-corrected chi connectivity index (χ0v) is 12.6. The van der Waals surface area contributed by atoms with Crippen molar-refractivity contribution in [1.82, 2.24) is 10.2 Å². The van der Waals surface area contributed by atoms with Crippen LogP contribution in [0.4, 0.5) is 10.2 Å². The molecule has 0 aliphatic carbocycles. The largest absolute Gasteiger partial charge is 0.497 e. The molecule has 1 N–H and O–H groups in total. The average molecular weight is 318 g/mol. The van der Waals surface area contributed by atoms with Crippen molar-refractivity contribution >= 4 is 28.2 Å². The smallest absolute Gasteiger partial charge is 0.159 e. The number of methoxy groups -OCH3 is 1. The van der Waals surface area contributed by atoms with Gasteiger partial charge in [0.05, 0.1) is 12.5 Å². The molecule has 22 heavy (non-hydrogen) atoms. The minimum Gasteiger partial charge on any atom is -0.497 e. The summed E-state index contributed by atoms with van der Waals surface area (Å²) in [4.78, 5) is 0. The van der Waals surface area contributed by atoms with Crippen LogP contribution in [-0.2, 0) is 6.54 Å². The standard InChI is InChI=1S/C16H13ClFN3O/c1-22-11-7-5-10(6-8-11)9-19-16-14-12(15(17)20-21-16)3-2-4-13(14)18/h2-8H,9H2,1H3,(H,19,21). The molecule has 2 aromatic carbocycles. The molecule has 0 spiro atoms. The van der Waals surface area contributed by atoms with Gasteiger partial charge in [-0.3, -0.25) is 0 Å². The highest BCUT2D eigenvalue weighted by molar-refractivity contribution is 6.34. The van der Waals surface area contributed by atoms with Gasteiger partial charge in [-0.05, 0) is 23.8 Å². The van der Waals surface area contributed by atoms with Crippen LogP contribution in [-0.4, -0.2) is 17.3 Å². The number of ether oxygens (including phenoxy) is 1. The van der Waals surface area contributed by atoms with Crippen LogP contribution in [0.3, 0.4) is 0 Å². The Hall–Kier alpha value is -2.40. The lowest BCUT2D eigenvalue weighted by molar-refractivity contribution is 0.414. The van der Waals surface area contributed by atoms with E-state index in [0.717, 1.165) is 11.3 Å². The first-order valence-corrected chi connectivity index (χ1v) is 7.04. The summed E-state index contributed by atoms with van der Waals surface area (Å²) >= 11 is 5.97. The lowest BCUT2D eigenvalue weighted by atomic mass is 10.1. The third-order valence-corrected chi connectivity index (χ3v) is 3.61.